The zero-order chi connectivity index (χ0) is 17.9. The topological polar surface area (TPSA) is 56.1 Å². The van der Waals surface area contributed by atoms with Crippen molar-refractivity contribution < 1.29 is 9.53 Å². The number of hydrogen-bond acceptors (Lipinski definition) is 3. The fourth-order valence-corrected chi connectivity index (χ4v) is 3.88. The molecule has 5 nitrogen and oxygen atoms in total. The van der Waals surface area contributed by atoms with Crippen molar-refractivity contribution in [3.8, 4) is 5.75 Å². The van der Waals surface area contributed by atoms with Crippen LogP contribution in [-0.4, -0.2) is 29.3 Å². The first-order valence-corrected chi connectivity index (χ1v) is 9.12. The summed E-state index contributed by atoms with van der Waals surface area (Å²) in [5.74, 6) is 0.861. The van der Waals surface area contributed by atoms with E-state index in [0.717, 1.165) is 42.8 Å². The van der Waals surface area contributed by atoms with E-state index >= 15 is 0 Å². The Kier molecular flexibility index (Phi) is 4.61. The van der Waals surface area contributed by atoms with Gasteiger partial charge in [0, 0.05) is 24.8 Å². The van der Waals surface area contributed by atoms with Crippen molar-refractivity contribution in [2.75, 3.05) is 13.7 Å². The number of fused-ring (bicyclic) bond motifs is 2. The number of aromatic nitrogens is 2. The van der Waals surface area contributed by atoms with Gasteiger partial charge in [0.25, 0.3) is 0 Å². The molecule has 1 amide bonds. The number of nitrogens with zero attached hydrogens (tertiary/aromatic N) is 2. The fraction of sp³-hybridized carbons (Fsp3) is 0.333. The lowest BCUT2D eigenvalue weighted by Crippen LogP contribution is -2.34. The van der Waals surface area contributed by atoms with Gasteiger partial charge in [-0.15, -0.1) is 0 Å². The van der Waals surface area contributed by atoms with Crippen LogP contribution < -0.4 is 10.1 Å². The van der Waals surface area contributed by atoms with Gasteiger partial charge in [0.05, 0.1) is 18.7 Å². The predicted octanol–water partition coefficient (Wildman–Crippen LogP) is 3.28. The SMILES string of the molecule is COc1ccc2ccccc2c1CCNC(=O)C1CCCn2nccc21. The average Bonchev–Trinajstić information content (AvgIpc) is 3.16. The third kappa shape index (κ3) is 3.05. The largest absolute Gasteiger partial charge is 0.496 e. The Balaban J connectivity index is 1.47. The predicted molar refractivity (Wildman–Crippen MR) is 101 cm³/mol. The molecule has 2 aromatic carbocycles. The summed E-state index contributed by atoms with van der Waals surface area (Å²) in [5, 5.41) is 9.77. The minimum atomic E-state index is -0.0966. The minimum Gasteiger partial charge on any atom is -0.496 e. The second-order valence-corrected chi connectivity index (χ2v) is 6.68. The summed E-state index contributed by atoms with van der Waals surface area (Å²) in [6.45, 7) is 1.49. The minimum absolute atomic E-state index is 0.0886. The van der Waals surface area contributed by atoms with Crippen molar-refractivity contribution in [3.63, 3.8) is 0 Å². The Morgan fingerprint density at radius 3 is 3.04 bits per heavy atom. The first-order valence-electron chi connectivity index (χ1n) is 9.12. The summed E-state index contributed by atoms with van der Waals surface area (Å²) in [7, 11) is 1.69. The van der Waals surface area contributed by atoms with Crippen LogP contribution in [0.15, 0.2) is 48.7 Å². The molecule has 0 saturated heterocycles. The van der Waals surface area contributed by atoms with Crippen LogP contribution in [0.3, 0.4) is 0 Å². The number of methoxy groups -OCH3 is 1. The number of carbonyl (C=O) groups is 1. The second kappa shape index (κ2) is 7.20. The average molecular weight is 349 g/mol. The molecule has 134 valence electrons. The van der Waals surface area contributed by atoms with Crippen LogP contribution >= 0.6 is 0 Å². The number of rotatable bonds is 5. The molecule has 5 heteroatoms. The molecule has 2 heterocycles. The molecule has 0 aliphatic carbocycles. The highest BCUT2D eigenvalue weighted by Crippen LogP contribution is 2.29. The van der Waals surface area contributed by atoms with E-state index in [-0.39, 0.29) is 11.8 Å². The fourth-order valence-electron chi connectivity index (χ4n) is 3.88. The lowest BCUT2D eigenvalue weighted by molar-refractivity contribution is -0.123. The molecule has 1 aliphatic heterocycles. The number of hydrogen-bond donors (Lipinski definition) is 1. The lowest BCUT2D eigenvalue weighted by Gasteiger charge is -2.23. The zero-order valence-corrected chi connectivity index (χ0v) is 14.9. The van der Waals surface area contributed by atoms with Gasteiger partial charge in [0.1, 0.15) is 5.75 Å². The van der Waals surface area contributed by atoms with Gasteiger partial charge in [-0.3, -0.25) is 9.48 Å². The third-order valence-electron chi connectivity index (χ3n) is 5.18. The van der Waals surface area contributed by atoms with E-state index in [1.54, 1.807) is 13.3 Å². The number of carbonyl (C=O) groups excluding carboxylic acids is 1. The first kappa shape index (κ1) is 16.6. The van der Waals surface area contributed by atoms with E-state index in [9.17, 15) is 4.79 Å². The van der Waals surface area contributed by atoms with E-state index in [4.69, 9.17) is 4.74 Å². The lowest BCUT2D eigenvalue weighted by atomic mass is 9.95. The van der Waals surface area contributed by atoms with Crippen LogP contribution in [0.4, 0.5) is 0 Å². The quantitative estimate of drug-likeness (QED) is 0.769. The smallest absolute Gasteiger partial charge is 0.229 e. The molecule has 0 bridgehead atoms. The molecule has 1 N–H and O–H groups in total. The molecule has 1 aliphatic rings. The van der Waals surface area contributed by atoms with Crippen molar-refractivity contribution in [2.24, 2.45) is 0 Å². The maximum absolute atomic E-state index is 12.7. The molecular formula is C21H23N3O2. The number of amides is 1. The van der Waals surface area contributed by atoms with Crippen molar-refractivity contribution >= 4 is 16.7 Å². The van der Waals surface area contributed by atoms with Crippen LogP contribution in [0.5, 0.6) is 5.75 Å². The number of ether oxygens (including phenoxy) is 1. The molecule has 1 unspecified atom stereocenters. The van der Waals surface area contributed by atoms with Gasteiger partial charge >= 0.3 is 0 Å². The van der Waals surface area contributed by atoms with Gasteiger partial charge in [0.2, 0.25) is 5.91 Å². The summed E-state index contributed by atoms with van der Waals surface area (Å²) in [6, 6.07) is 14.3. The van der Waals surface area contributed by atoms with Crippen molar-refractivity contribution in [3.05, 3.63) is 59.9 Å². The normalized spacial score (nSPS) is 16.3. The molecule has 26 heavy (non-hydrogen) atoms. The van der Waals surface area contributed by atoms with E-state index in [2.05, 4.69) is 28.6 Å². The number of aryl methyl sites for hydroxylation is 1. The van der Waals surface area contributed by atoms with E-state index < -0.39 is 0 Å². The molecule has 1 aromatic heterocycles. The Hall–Kier alpha value is -2.82. The van der Waals surface area contributed by atoms with Crippen LogP contribution in [0.25, 0.3) is 10.8 Å². The molecule has 1 atom stereocenters. The van der Waals surface area contributed by atoms with Gasteiger partial charge in [-0.25, -0.2) is 0 Å². The second-order valence-electron chi connectivity index (χ2n) is 6.68. The van der Waals surface area contributed by atoms with E-state index in [1.165, 1.54) is 10.8 Å². The summed E-state index contributed by atoms with van der Waals surface area (Å²) in [6.07, 6.45) is 4.39. The van der Waals surface area contributed by atoms with Crippen molar-refractivity contribution in [1.29, 1.82) is 0 Å². The highest BCUT2D eigenvalue weighted by molar-refractivity contribution is 5.88. The summed E-state index contributed by atoms with van der Waals surface area (Å²) >= 11 is 0. The van der Waals surface area contributed by atoms with Gasteiger partial charge in [-0.05, 0) is 42.2 Å². The Morgan fingerprint density at radius 2 is 2.15 bits per heavy atom. The zero-order valence-electron chi connectivity index (χ0n) is 14.9. The van der Waals surface area contributed by atoms with Crippen LogP contribution in [0.1, 0.15) is 30.0 Å². The monoisotopic (exact) mass is 349 g/mol. The van der Waals surface area contributed by atoms with Gasteiger partial charge in [-0.2, -0.15) is 5.10 Å². The Morgan fingerprint density at radius 1 is 1.27 bits per heavy atom. The standard InChI is InChI=1S/C21H23N3O2/c1-26-20-9-8-15-5-2-3-6-16(15)17(20)10-12-22-21(25)18-7-4-14-24-19(18)11-13-23-24/h2-3,5-6,8-9,11,13,18H,4,7,10,12,14H2,1H3,(H,22,25). The number of nitrogens with one attached hydrogen (secondary N) is 1. The van der Waals surface area contributed by atoms with Crippen molar-refractivity contribution in [2.45, 2.75) is 31.7 Å². The third-order valence-corrected chi connectivity index (χ3v) is 5.18. The number of benzene rings is 2. The summed E-state index contributed by atoms with van der Waals surface area (Å²) in [4.78, 5) is 12.7. The molecular weight excluding hydrogens is 326 g/mol. The van der Waals surface area contributed by atoms with Crippen LogP contribution in [-0.2, 0) is 17.8 Å². The van der Waals surface area contributed by atoms with Crippen LogP contribution in [0, 0.1) is 0 Å². The van der Waals surface area contributed by atoms with Crippen molar-refractivity contribution in [1.82, 2.24) is 15.1 Å². The Labute approximate surface area is 153 Å². The molecule has 4 rings (SSSR count). The molecule has 0 saturated carbocycles. The first-order chi connectivity index (χ1) is 12.8. The van der Waals surface area contributed by atoms with Gasteiger partial charge in [0.15, 0.2) is 0 Å². The Bertz CT molecular complexity index is 932. The highest BCUT2D eigenvalue weighted by Gasteiger charge is 2.26. The maximum atomic E-state index is 12.7. The van der Waals surface area contributed by atoms with E-state index in [1.807, 2.05) is 28.9 Å². The van der Waals surface area contributed by atoms with Gasteiger partial charge in [-0.1, -0.05) is 30.3 Å². The molecule has 0 spiro atoms. The van der Waals surface area contributed by atoms with Gasteiger partial charge < -0.3 is 10.1 Å². The highest BCUT2D eigenvalue weighted by atomic mass is 16.5. The van der Waals surface area contributed by atoms with Crippen LogP contribution in [0.2, 0.25) is 0 Å². The summed E-state index contributed by atoms with van der Waals surface area (Å²) < 4.78 is 7.48. The van der Waals surface area contributed by atoms with E-state index in [0.29, 0.717) is 6.54 Å². The molecule has 3 aromatic rings. The molecule has 0 fully saturated rings. The molecule has 0 radical (unpaired) electrons. The summed E-state index contributed by atoms with van der Waals surface area (Å²) in [5.41, 5.74) is 2.16. The maximum Gasteiger partial charge on any atom is 0.229 e.